The van der Waals surface area contributed by atoms with Gasteiger partial charge in [0.15, 0.2) is 0 Å². The van der Waals surface area contributed by atoms with Crippen LogP contribution in [0.2, 0.25) is 0 Å². The first-order valence-corrected chi connectivity index (χ1v) is 6.40. The fourth-order valence-electron chi connectivity index (χ4n) is 2.24. The lowest BCUT2D eigenvalue weighted by atomic mass is 9.93. The average Bonchev–Trinajstić information content (AvgIpc) is 2.49. The predicted octanol–water partition coefficient (Wildman–Crippen LogP) is 3.57. The van der Waals surface area contributed by atoms with Crippen molar-refractivity contribution in [2.75, 3.05) is 7.11 Å². The number of aromatic nitrogens is 1. The first-order chi connectivity index (χ1) is 9.67. The van der Waals surface area contributed by atoms with E-state index in [0.29, 0.717) is 12.0 Å². The van der Waals surface area contributed by atoms with Crippen molar-refractivity contribution in [3.63, 3.8) is 0 Å². The lowest BCUT2D eigenvalue weighted by Gasteiger charge is -2.13. The maximum Gasteiger partial charge on any atom is 0.338 e. The molecule has 3 heteroatoms. The number of benzene rings is 1. The Morgan fingerprint density at radius 2 is 2.00 bits per heavy atom. The molecule has 0 aliphatic heterocycles. The Balaban J connectivity index is 2.60. The maximum absolute atomic E-state index is 12.0. The summed E-state index contributed by atoms with van der Waals surface area (Å²) in [4.78, 5) is 16.0. The monoisotopic (exact) mass is 267 g/mol. The number of aryl methyl sites for hydroxylation is 1. The van der Waals surface area contributed by atoms with Crippen LogP contribution in [0.3, 0.4) is 0 Å². The highest BCUT2D eigenvalue weighted by atomic mass is 16.5. The van der Waals surface area contributed by atoms with Crippen molar-refractivity contribution in [1.82, 2.24) is 4.98 Å². The largest absolute Gasteiger partial charge is 0.465 e. The van der Waals surface area contributed by atoms with Gasteiger partial charge in [-0.15, -0.1) is 6.58 Å². The Labute approximate surface area is 118 Å². The van der Waals surface area contributed by atoms with Gasteiger partial charge >= 0.3 is 5.97 Å². The minimum absolute atomic E-state index is 0.319. The standard InChI is InChI=1S/C17H17NO2/c1-4-5-15-12(2)10-14(11-16(15)17(19)20-3)13-6-8-18-9-7-13/h4,6-11H,1,5H2,2-3H3. The van der Waals surface area contributed by atoms with Gasteiger partial charge in [0.25, 0.3) is 0 Å². The van der Waals surface area contributed by atoms with Crippen LogP contribution in [-0.4, -0.2) is 18.1 Å². The molecule has 0 unspecified atom stereocenters. The molecular formula is C17H17NO2. The van der Waals surface area contributed by atoms with E-state index in [1.807, 2.05) is 25.1 Å². The number of esters is 1. The van der Waals surface area contributed by atoms with Crippen LogP contribution in [-0.2, 0) is 11.2 Å². The van der Waals surface area contributed by atoms with Crippen molar-refractivity contribution in [1.29, 1.82) is 0 Å². The third-order valence-electron chi connectivity index (χ3n) is 3.24. The molecule has 0 amide bonds. The summed E-state index contributed by atoms with van der Waals surface area (Å²) in [5.74, 6) is -0.319. The number of hydrogen-bond donors (Lipinski definition) is 0. The minimum atomic E-state index is -0.319. The van der Waals surface area contributed by atoms with Gasteiger partial charge < -0.3 is 4.74 Å². The molecule has 2 rings (SSSR count). The number of carbonyl (C=O) groups is 1. The minimum Gasteiger partial charge on any atom is -0.465 e. The van der Waals surface area contributed by atoms with Crippen molar-refractivity contribution in [2.45, 2.75) is 13.3 Å². The summed E-state index contributed by atoms with van der Waals surface area (Å²) in [5.41, 5.74) is 4.62. The molecule has 0 aliphatic rings. The highest BCUT2D eigenvalue weighted by Crippen LogP contribution is 2.26. The number of ether oxygens (including phenoxy) is 1. The van der Waals surface area contributed by atoms with Gasteiger partial charge in [-0.25, -0.2) is 4.79 Å². The quantitative estimate of drug-likeness (QED) is 0.628. The number of methoxy groups -OCH3 is 1. The van der Waals surface area contributed by atoms with Crippen molar-refractivity contribution in [2.24, 2.45) is 0 Å². The highest BCUT2D eigenvalue weighted by molar-refractivity contribution is 5.93. The molecule has 3 nitrogen and oxygen atoms in total. The molecule has 1 heterocycles. The van der Waals surface area contributed by atoms with E-state index >= 15 is 0 Å². The van der Waals surface area contributed by atoms with Crippen LogP contribution >= 0.6 is 0 Å². The van der Waals surface area contributed by atoms with Crippen molar-refractivity contribution < 1.29 is 9.53 Å². The van der Waals surface area contributed by atoms with Gasteiger partial charge in [-0.2, -0.15) is 0 Å². The van der Waals surface area contributed by atoms with E-state index in [9.17, 15) is 4.79 Å². The van der Waals surface area contributed by atoms with Crippen molar-refractivity contribution in [3.05, 3.63) is 66.0 Å². The summed E-state index contributed by atoms with van der Waals surface area (Å²) >= 11 is 0. The maximum atomic E-state index is 12.0. The van der Waals surface area contributed by atoms with Crippen molar-refractivity contribution in [3.8, 4) is 11.1 Å². The first-order valence-electron chi connectivity index (χ1n) is 6.40. The number of nitrogens with zero attached hydrogens (tertiary/aromatic N) is 1. The predicted molar refractivity (Wildman–Crippen MR) is 79.7 cm³/mol. The van der Waals surface area contributed by atoms with E-state index in [2.05, 4.69) is 17.6 Å². The number of rotatable bonds is 4. The Morgan fingerprint density at radius 1 is 1.30 bits per heavy atom. The van der Waals surface area contributed by atoms with Crippen LogP contribution in [0, 0.1) is 6.92 Å². The fourth-order valence-corrected chi connectivity index (χ4v) is 2.24. The number of pyridine rings is 1. The molecule has 0 spiro atoms. The highest BCUT2D eigenvalue weighted by Gasteiger charge is 2.15. The second-order valence-corrected chi connectivity index (χ2v) is 4.54. The number of hydrogen-bond acceptors (Lipinski definition) is 3. The zero-order valence-electron chi connectivity index (χ0n) is 11.7. The van der Waals surface area contributed by atoms with Gasteiger partial charge in [0.2, 0.25) is 0 Å². The van der Waals surface area contributed by atoms with Crippen LogP contribution in [0.5, 0.6) is 0 Å². The van der Waals surface area contributed by atoms with Gasteiger partial charge in [-0.3, -0.25) is 4.98 Å². The van der Waals surface area contributed by atoms with Crippen molar-refractivity contribution >= 4 is 5.97 Å². The summed E-state index contributed by atoms with van der Waals surface area (Å²) in [6.45, 7) is 5.74. The second kappa shape index (κ2) is 6.15. The van der Waals surface area contributed by atoms with E-state index in [1.54, 1.807) is 18.5 Å². The second-order valence-electron chi connectivity index (χ2n) is 4.54. The normalized spacial score (nSPS) is 10.1. The van der Waals surface area contributed by atoms with E-state index in [-0.39, 0.29) is 5.97 Å². The molecule has 1 aromatic heterocycles. The molecule has 0 aliphatic carbocycles. The van der Waals surface area contributed by atoms with E-state index < -0.39 is 0 Å². The fraction of sp³-hybridized carbons (Fsp3) is 0.176. The van der Waals surface area contributed by atoms with E-state index in [4.69, 9.17) is 4.74 Å². The van der Waals surface area contributed by atoms with Gasteiger partial charge in [-0.05, 0) is 53.8 Å². The molecule has 0 atom stereocenters. The summed E-state index contributed by atoms with van der Waals surface area (Å²) in [5, 5.41) is 0. The molecule has 0 fully saturated rings. The Bertz CT molecular complexity index is 633. The summed E-state index contributed by atoms with van der Waals surface area (Å²) in [7, 11) is 1.40. The molecule has 102 valence electrons. The van der Waals surface area contributed by atoms with E-state index in [1.165, 1.54) is 7.11 Å². The van der Waals surface area contributed by atoms with Crippen LogP contribution in [0.4, 0.5) is 0 Å². The topological polar surface area (TPSA) is 39.2 Å². The molecule has 1 aromatic carbocycles. The lowest BCUT2D eigenvalue weighted by molar-refractivity contribution is 0.0599. The zero-order chi connectivity index (χ0) is 14.5. The Morgan fingerprint density at radius 3 is 2.60 bits per heavy atom. The van der Waals surface area contributed by atoms with Gasteiger partial charge in [0.05, 0.1) is 12.7 Å². The summed E-state index contributed by atoms with van der Waals surface area (Å²) in [6, 6.07) is 7.78. The first kappa shape index (κ1) is 14.0. The third kappa shape index (κ3) is 2.77. The van der Waals surface area contributed by atoms with Gasteiger partial charge in [-0.1, -0.05) is 12.1 Å². The van der Waals surface area contributed by atoms with Gasteiger partial charge in [0, 0.05) is 12.4 Å². The van der Waals surface area contributed by atoms with Crippen LogP contribution < -0.4 is 0 Å². The number of allylic oxidation sites excluding steroid dienone is 1. The van der Waals surface area contributed by atoms with Crippen LogP contribution in [0.25, 0.3) is 11.1 Å². The van der Waals surface area contributed by atoms with Gasteiger partial charge in [0.1, 0.15) is 0 Å². The Kier molecular flexibility index (Phi) is 4.31. The average molecular weight is 267 g/mol. The molecule has 0 saturated heterocycles. The third-order valence-corrected chi connectivity index (χ3v) is 3.24. The molecule has 2 aromatic rings. The molecule has 0 radical (unpaired) electrons. The Hall–Kier alpha value is -2.42. The molecule has 20 heavy (non-hydrogen) atoms. The smallest absolute Gasteiger partial charge is 0.338 e. The van der Waals surface area contributed by atoms with Crippen LogP contribution in [0.15, 0.2) is 49.3 Å². The lowest BCUT2D eigenvalue weighted by Crippen LogP contribution is -2.07. The zero-order valence-corrected chi connectivity index (χ0v) is 11.7. The summed E-state index contributed by atoms with van der Waals surface area (Å²) < 4.78 is 4.88. The molecule has 0 bridgehead atoms. The molecular weight excluding hydrogens is 250 g/mol. The van der Waals surface area contributed by atoms with Crippen LogP contribution in [0.1, 0.15) is 21.5 Å². The molecule has 0 saturated carbocycles. The summed E-state index contributed by atoms with van der Waals surface area (Å²) in [6.07, 6.45) is 5.91. The SMILES string of the molecule is C=CCc1c(C)cc(-c2ccncc2)cc1C(=O)OC. The molecule has 0 N–H and O–H groups in total. The van der Waals surface area contributed by atoms with E-state index in [0.717, 1.165) is 22.3 Å². The number of carbonyl (C=O) groups excluding carboxylic acids is 1.